The Morgan fingerprint density at radius 2 is 2.31 bits per heavy atom. The Morgan fingerprint density at radius 1 is 1.62 bits per heavy atom. The molecule has 0 aromatic heterocycles. The summed E-state index contributed by atoms with van der Waals surface area (Å²) in [5, 5.41) is 0.276. The molecule has 70 valence electrons. The number of nitrogens with zero attached hydrogens (tertiary/aromatic N) is 1. The summed E-state index contributed by atoms with van der Waals surface area (Å²) in [6, 6.07) is 4.39. The van der Waals surface area contributed by atoms with Gasteiger partial charge in [-0.25, -0.2) is 10.2 Å². The maximum absolute atomic E-state index is 13.2. The lowest BCUT2D eigenvalue weighted by Crippen LogP contribution is -2.32. The molecule has 3 nitrogen and oxygen atoms in total. The van der Waals surface area contributed by atoms with E-state index in [-0.39, 0.29) is 16.4 Å². The predicted octanol–water partition coefficient (Wildman–Crippen LogP) is 1.32. The Balaban J connectivity index is 3.27. The van der Waals surface area contributed by atoms with E-state index in [0.717, 1.165) is 0 Å². The lowest BCUT2D eigenvalue weighted by atomic mass is 10.2. The van der Waals surface area contributed by atoms with E-state index in [2.05, 4.69) is 10.4 Å². The summed E-state index contributed by atoms with van der Waals surface area (Å²) in [6.45, 7) is 0. The van der Waals surface area contributed by atoms with Crippen LogP contribution in [0.15, 0.2) is 23.2 Å². The summed E-state index contributed by atoms with van der Waals surface area (Å²) in [6.07, 6.45) is 0. The molecule has 1 rings (SSSR count). The molecule has 13 heavy (non-hydrogen) atoms. The molecular weight excluding hydrogens is 193 g/mol. The van der Waals surface area contributed by atoms with Crippen molar-refractivity contribution in [1.82, 2.24) is 5.43 Å². The fourth-order valence-electron chi connectivity index (χ4n) is 0.973. The minimum Gasteiger partial charge on any atom is -0.308 e. The van der Waals surface area contributed by atoms with Gasteiger partial charge in [-0.1, -0.05) is 17.7 Å². The zero-order chi connectivity index (χ0) is 9.84. The van der Waals surface area contributed by atoms with E-state index in [4.69, 9.17) is 17.4 Å². The van der Waals surface area contributed by atoms with Gasteiger partial charge in [-0.05, 0) is 12.1 Å². The maximum Gasteiger partial charge on any atom is 0.146 e. The first-order valence-electron chi connectivity index (χ1n) is 3.58. The molecule has 0 bridgehead atoms. The molecule has 3 N–H and O–H groups in total. The first kappa shape index (κ1) is 9.95. The van der Waals surface area contributed by atoms with Crippen molar-refractivity contribution in [2.45, 2.75) is 0 Å². The van der Waals surface area contributed by atoms with Crippen molar-refractivity contribution >= 4 is 17.4 Å². The highest BCUT2D eigenvalue weighted by molar-refractivity contribution is 6.34. The first-order valence-corrected chi connectivity index (χ1v) is 3.96. The number of hydrogen-bond donors (Lipinski definition) is 2. The van der Waals surface area contributed by atoms with E-state index in [1.807, 2.05) is 0 Å². The molecule has 0 saturated carbocycles. The molecule has 0 saturated heterocycles. The second-order valence-electron chi connectivity index (χ2n) is 2.31. The van der Waals surface area contributed by atoms with Gasteiger partial charge >= 0.3 is 0 Å². The van der Waals surface area contributed by atoms with Crippen molar-refractivity contribution in [2.75, 3.05) is 7.05 Å². The zero-order valence-corrected chi connectivity index (χ0v) is 7.77. The van der Waals surface area contributed by atoms with E-state index in [1.54, 1.807) is 6.07 Å². The third-order valence-electron chi connectivity index (χ3n) is 1.56. The average Bonchev–Trinajstić information content (AvgIpc) is 2.11. The van der Waals surface area contributed by atoms with Crippen molar-refractivity contribution in [3.63, 3.8) is 0 Å². The van der Waals surface area contributed by atoms with Gasteiger partial charge in [0.05, 0.1) is 10.6 Å². The number of aliphatic imine (C=N–C) groups is 1. The van der Waals surface area contributed by atoms with Crippen LogP contribution in [0.3, 0.4) is 0 Å². The molecule has 0 fully saturated rings. The summed E-state index contributed by atoms with van der Waals surface area (Å²) in [5.74, 6) is 4.92. The summed E-state index contributed by atoms with van der Waals surface area (Å²) in [4.78, 5) is 3.75. The van der Waals surface area contributed by atoms with E-state index < -0.39 is 5.82 Å². The highest BCUT2D eigenvalue weighted by Crippen LogP contribution is 2.18. The second-order valence-corrected chi connectivity index (χ2v) is 2.72. The number of amidine groups is 1. The Kier molecular flexibility index (Phi) is 3.22. The number of hydrazine groups is 1. The van der Waals surface area contributed by atoms with Crippen molar-refractivity contribution in [3.05, 3.63) is 34.6 Å². The van der Waals surface area contributed by atoms with Crippen LogP contribution in [0.4, 0.5) is 4.39 Å². The topological polar surface area (TPSA) is 50.4 Å². The van der Waals surface area contributed by atoms with E-state index in [0.29, 0.717) is 0 Å². The van der Waals surface area contributed by atoms with Crippen LogP contribution in [0.5, 0.6) is 0 Å². The highest BCUT2D eigenvalue weighted by atomic mass is 35.5. The monoisotopic (exact) mass is 201 g/mol. The zero-order valence-electron chi connectivity index (χ0n) is 7.01. The fraction of sp³-hybridized carbons (Fsp3) is 0.125. The SMILES string of the molecule is CN=C(NN)c1c(F)cccc1Cl. The molecule has 1 aromatic rings. The minimum absolute atomic E-state index is 0.189. The van der Waals surface area contributed by atoms with Crippen LogP contribution in [0, 0.1) is 5.82 Å². The van der Waals surface area contributed by atoms with Crippen LogP contribution in [0.1, 0.15) is 5.56 Å². The van der Waals surface area contributed by atoms with Crippen LogP contribution >= 0.6 is 11.6 Å². The molecule has 0 amide bonds. The fourth-order valence-corrected chi connectivity index (χ4v) is 1.23. The van der Waals surface area contributed by atoms with E-state index in [9.17, 15) is 4.39 Å². The molecule has 0 aliphatic carbocycles. The van der Waals surface area contributed by atoms with Gasteiger partial charge in [0, 0.05) is 7.05 Å². The lowest BCUT2D eigenvalue weighted by molar-refractivity contribution is 0.624. The predicted molar refractivity (Wildman–Crippen MR) is 51.2 cm³/mol. The molecular formula is C8H9ClFN3. The molecule has 1 aromatic carbocycles. The molecule has 0 atom stereocenters. The van der Waals surface area contributed by atoms with Gasteiger partial charge in [0.1, 0.15) is 11.7 Å². The maximum atomic E-state index is 13.2. The molecule has 0 radical (unpaired) electrons. The highest BCUT2D eigenvalue weighted by Gasteiger charge is 2.11. The van der Waals surface area contributed by atoms with Crippen LogP contribution < -0.4 is 11.3 Å². The van der Waals surface area contributed by atoms with Gasteiger partial charge < -0.3 is 5.43 Å². The van der Waals surface area contributed by atoms with Crippen LogP contribution in [-0.4, -0.2) is 12.9 Å². The summed E-state index contributed by atoms with van der Waals surface area (Å²) >= 11 is 5.77. The molecule has 0 spiro atoms. The molecule has 0 unspecified atom stereocenters. The lowest BCUT2D eigenvalue weighted by Gasteiger charge is -2.07. The largest absolute Gasteiger partial charge is 0.308 e. The number of halogens is 2. The van der Waals surface area contributed by atoms with Crippen LogP contribution in [0.25, 0.3) is 0 Å². The molecule has 0 heterocycles. The summed E-state index contributed by atoms with van der Waals surface area (Å²) in [5.41, 5.74) is 2.46. The van der Waals surface area contributed by atoms with E-state index >= 15 is 0 Å². The summed E-state index contributed by atoms with van der Waals surface area (Å²) in [7, 11) is 1.50. The second kappa shape index (κ2) is 4.20. The first-order chi connectivity index (χ1) is 6.20. The minimum atomic E-state index is -0.453. The van der Waals surface area contributed by atoms with Gasteiger partial charge in [0.15, 0.2) is 0 Å². The number of rotatable bonds is 1. The number of nitrogens with one attached hydrogen (secondary N) is 1. The van der Waals surface area contributed by atoms with Gasteiger partial charge in [0.25, 0.3) is 0 Å². The standard InChI is InChI=1S/C8H9ClFN3/c1-12-8(13-11)7-5(9)3-2-4-6(7)10/h2-4H,11H2,1H3,(H,12,13). The van der Waals surface area contributed by atoms with Crippen LogP contribution in [-0.2, 0) is 0 Å². The Labute approximate surface area is 80.4 Å². The number of benzene rings is 1. The van der Waals surface area contributed by atoms with E-state index in [1.165, 1.54) is 19.2 Å². The van der Waals surface area contributed by atoms with Crippen LogP contribution in [0.2, 0.25) is 5.02 Å². The number of hydrogen-bond acceptors (Lipinski definition) is 2. The van der Waals surface area contributed by atoms with Gasteiger partial charge in [-0.15, -0.1) is 0 Å². The molecule has 0 aliphatic rings. The quantitative estimate of drug-likeness (QED) is 0.312. The Bertz CT molecular complexity index is 318. The normalized spacial score (nSPS) is 11.5. The van der Waals surface area contributed by atoms with Crippen molar-refractivity contribution < 1.29 is 4.39 Å². The van der Waals surface area contributed by atoms with Crippen molar-refractivity contribution in [1.29, 1.82) is 0 Å². The van der Waals surface area contributed by atoms with Gasteiger partial charge in [-0.3, -0.25) is 4.99 Å². The van der Waals surface area contributed by atoms with Gasteiger partial charge in [0.2, 0.25) is 0 Å². The molecule has 0 aliphatic heterocycles. The number of nitrogens with two attached hydrogens (primary N) is 1. The van der Waals surface area contributed by atoms with Crippen molar-refractivity contribution in [3.8, 4) is 0 Å². The Hall–Kier alpha value is -1.13. The molecule has 5 heteroatoms. The van der Waals surface area contributed by atoms with Crippen molar-refractivity contribution in [2.24, 2.45) is 10.8 Å². The third kappa shape index (κ3) is 1.96. The summed E-state index contributed by atoms with van der Waals surface area (Å²) < 4.78 is 13.2. The smallest absolute Gasteiger partial charge is 0.146 e. The average molecular weight is 202 g/mol. The third-order valence-corrected chi connectivity index (χ3v) is 1.87. The van der Waals surface area contributed by atoms with Gasteiger partial charge in [-0.2, -0.15) is 0 Å². The Morgan fingerprint density at radius 3 is 2.77 bits per heavy atom.